The highest BCUT2D eigenvalue weighted by atomic mass is 32.2. The molecule has 0 spiro atoms. The van der Waals surface area contributed by atoms with E-state index in [0.29, 0.717) is 22.4 Å². The van der Waals surface area contributed by atoms with Crippen LogP contribution in [0.2, 0.25) is 0 Å². The first-order valence-corrected chi connectivity index (χ1v) is 12.8. The van der Waals surface area contributed by atoms with Gasteiger partial charge in [-0.2, -0.15) is 0 Å². The van der Waals surface area contributed by atoms with Crippen LogP contribution in [0.25, 0.3) is 22.3 Å². The van der Waals surface area contributed by atoms with Crippen molar-refractivity contribution in [2.75, 3.05) is 5.73 Å². The summed E-state index contributed by atoms with van der Waals surface area (Å²) < 4.78 is 28.5. The van der Waals surface area contributed by atoms with Crippen LogP contribution in [0.5, 0.6) is 0 Å². The highest BCUT2D eigenvalue weighted by Crippen LogP contribution is 2.43. The number of carbonyl (C=O) groups excluding carboxylic acids is 1. The smallest absolute Gasteiger partial charge is 0.312 e. The number of esters is 1. The second kappa shape index (κ2) is 10.2. The molecule has 35 heavy (non-hydrogen) atoms. The largest absolute Gasteiger partial charge is 0.434 e. The number of carbonyl (C=O) groups is 1. The van der Waals surface area contributed by atoms with Crippen LogP contribution in [0.1, 0.15) is 47.2 Å². The van der Waals surface area contributed by atoms with Crippen molar-refractivity contribution in [3.05, 3.63) is 75.8 Å². The Bertz CT molecular complexity index is 1340. The summed E-state index contributed by atoms with van der Waals surface area (Å²) in [5.74, 6) is -2.26. The van der Waals surface area contributed by atoms with Crippen LogP contribution < -0.4 is 5.73 Å². The van der Waals surface area contributed by atoms with E-state index in [0.717, 1.165) is 38.9 Å². The van der Waals surface area contributed by atoms with Gasteiger partial charge < -0.3 is 15.6 Å². The molecular formula is C28H33NO5S. The molecule has 0 aliphatic rings. The first kappa shape index (κ1) is 26.4. The molecule has 0 radical (unpaired) electrons. The van der Waals surface area contributed by atoms with Crippen LogP contribution in [0, 0.1) is 27.7 Å². The predicted octanol–water partition coefficient (Wildman–Crippen LogP) is 4.76. The van der Waals surface area contributed by atoms with Crippen molar-refractivity contribution in [2.24, 2.45) is 0 Å². The molecule has 0 fully saturated rings. The molecule has 3 N–H and O–H groups in total. The summed E-state index contributed by atoms with van der Waals surface area (Å²) in [5, 5.41) is 9.96. The number of aryl methyl sites for hydroxylation is 2. The molecule has 0 aliphatic heterocycles. The summed E-state index contributed by atoms with van der Waals surface area (Å²) in [6.45, 7) is 10.5. The van der Waals surface area contributed by atoms with E-state index in [9.17, 15) is 18.3 Å². The van der Waals surface area contributed by atoms with Crippen LogP contribution in [-0.4, -0.2) is 25.3 Å². The third kappa shape index (κ3) is 6.10. The monoisotopic (exact) mass is 495 g/mol. The summed E-state index contributed by atoms with van der Waals surface area (Å²) in [7, 11) is -2.63. The lowest BCUT2D eigenvalue weighted by Crippen LogP contribution is -2.28. The first-order chi connectivity index (χ1) is 16.3. The molecule has 186 valence electrons. The molecule has 0 amide bonds. The predicted molar refractivity (Wildman–Crippen MR) is 141 cm³/mol. The van der Waals surface area contributed by atoms with E-state index < -0.39 is 22.5 Å². The maximum atomic E-state index is 12.7. The van der Waals surface area contributed by atoms with Gasteiger partial charge in [0, 0.05) is 25.1 Å². The molecule has 0 bridgehead atoms. The summed E-state index contributed by atoms with van der Waals surface area (Å²) in [5.41, 5.74) is 15.4. The Hall–Kier alpha value is -3.16. The zero-order valence-electron chi connectivity index (χ0n) is 21.1. The molecule has 0 heterocycles. The molecule has 3 rings (SSSR count). The summed E-state index contributed by atoms with van der Waals surface area (Å²) in [6, 6.07) is 13.7. The van der Waals surface area contributed by atoms with Gasteiger partial charge >= 0.3 is 5.97 Å². The molecule has 0 saturated carbocycles. The average molecular weight is 496 g/mol. The van der Waals surface area contributed by atoms with Crippen LogP contribution in [0.15, 0.2) is 42.5 Å². The number of aliphatic hydroxyl groups is 1. The van der Waals surface area contributed by atoms with E-state index in [1.807, 2.05) is 70.2 Å². The number of ether oxygens (including phenoxy) is 1. The van der Waals surface area contributed by atoms with Crippen molar-refractivity contribution < 1.29 is 23.1 Å². The van der Waals surface area contributed by atoms with Crippen molar-refractivity contribution in [2.45, 2.75) is 59.5 Å². The molecule has 0 unspecified atom stereocenters. The fourth-order valence-electron chi connectivity index (χ4n) is 4.47. The number of anilines is 1. The highest BCUT2D eigenvalue weighted by Gasteiger charge is 2.25. The topological polar surface area (TPSA) is 107 Å². The molecule has 3 aromatic rings. The second-order valence-corrected chi connectivity index (χ2v) is 10.5. The Kier molecular flexibility index (Phi) is 7.72. The standard InChI is InChI=1S/C28H33NO5S/c1-16-7-10-20(11-8-16)25-19(4)26(22-12-9-17(2)13-21(22)15-35(32)33)27(29)18(3)23(25)14-24(30)34-28(5,6)31/h7-13,31,35H,14-15,29H2,1-6H3. The quantitative estimate of drug-likeness (QED) is 0.189. The van der Waals surface area contributed by atoms with E-state index >= 15 is 0 Å². The van der Waals surface area contributed by atoms with Crippen molar-refractivity contribution in [1.82, 2.24) is 0 Å². The van der Waals surface area contributed by atoms with Crippen molar-refractivity contribution in [3.63, 3.8) is 0 Å². The number of hydrogen-bond donors (Lipinski definition) is 3. The second-order valence-electron chi connectivity index (χ2n) is 9.51. The van der Waals surface area contributed by atoms with Gasteiger partial charge in [-0.05, 0) is 66.6 Å². The average Bonchev–Trinajstić information content (AvgIpc) is 2.73. The zero-order chi connectivity index (χ0) is 26.1. The van der Waals surface area contributed by atoms with Gasteiger partial charge in [-0.1, -0.05) is 53.6 Å². The maximum Gasteiger partial charge on any atom is 0.312 e. The molecule has 0 saturated heterocycles. The minimum absolute atomic E-state index is 0.0719. The van der Waals surface area contributed by atoms with Crippen molar-refractivity contribution in [1.29, 1.82) is 0 Å². The van der Waals surface area contributed by atoms with Crippen LogP contribution >= 0.6 is 0 Å². The molecule has 7 heteroatoms. The van der Waals surface area contributed by atoms with Gasteiger partial charge in [-0.15, -0.1) is 0 Å². The lowest BCUT2D eigenvalue weighted by molar-refractivity contribution is -0.194. The van der Waals surface area contributed by atoms with E-state index in [2.05, 4.69) is 0 Å². The fourth-order valence-corrected chi connectivity index (χ4v) is 5.01. The first-order valence-electron chi connectivity index (χ1n) is 11.4. The molecule has 0 aliphatic carbocycles. The van der Waals surface area contributed by atoms with E-state index in [1.54, 1.807) is 0 Å². The minimum atomic E-state index is -2.63. The van der Waals surface area contributed by atoms with Gasteiger partial charge in [0.1, 0.15) is 10.7 Å². The number of rotatable bonds is 7. The Morgan fingerprint density at radius 1 is 0.943 bits per heavy atom. The van der Waals surface area contributed by atoms with Gasteiger partial charge in [0.2, 0.25) is 5.79 Å². The van der Waals surface area contributed by atoms with Crippen LogP contribution in [0.3, 0.4) is 0 Å². The van der Waals surface area contributed by atoms with Crippen molar-refractivity contribution in [3.8, 4) is 22.3 Å². The Morgan fingerprint density at radius 2 is 1.54 bits per heavy atom. The maximum absolute atomic E-state index is 12.7. The van der Waals surface area contributed by atoms with Gasteiger partial charge in [0.25, 0.3) is 0 Å². The number of hydrogen-bond acceptors (Lipinski definition) is 6. The summed E-state index contributed by atoms with van der Waals surface area (Å²) >= 11 is 0. The van der Waals surface area contributed by atoms with Gasteiger partial charge in [0.05, 0.1) is 12.2 Å². The summed E-state index contributed by atoms with van der Waals surface area (Å²) in [4.78, 5) is 12.7. The van der Waals surface area contributed by atoms with E-state index in [4.69, 9.17) is 10.5 Å². The van der Waals surface area contributed by atoms with E-state index in [1.165, 1.54) is 13.8 Å². The molecular weight excluding hydrogens is 462 g/mol. The minimum Gasteiger partial charge on any atom is -0.434 e. The SMILES string of the molecule is Cc1ccc(-c2c(C)c(-c3ccc(C)cc3C[SH](=O)=O)c(N)c(C)c2CC(=O)OC(C)(C)O)cc1. The van der Waals surface area contributed by atoms with Crippen LogP contribution in [-0.2, 0) is 32.4 Å². The number of thiol groups is 1. The van der Waals surface area contributed by atoms with Gasteiger partial charge in [-0.3, -0.25) is 4.79 Å². The number of nitrogen functional groups attached to an aromatic ring is 1. The molecule has 0 aromatic heterocycles. The van der Waals surface area contributed by atoms with Gasteiger partial charge in [-0.25, -0.2) is 8.42 Å². The molecule has 0 atom stereocenters. The third-order valence-corrected chi connectivity index (χ3v) is 6.63. The number of nitrogens with two attached hydrogens (primary N) is 1. The molecule has 6 nitrogen and oxygen atoms in total. The van der Waals surface area contributed by atoms with Crippen LogP contribution in [0.4, 0.5) is 5.69 Å². The Labute approximate surface area is 208 Å². The Balaban J connectivity index is 2.34. The normalized spacial score (nSPS) is 11.7. The third-order valence-electron chi connectivity index (χ3n) is 6.03. The lowest BCUT2D eigenvalue weighted by Gasteiger charge is -2.25. The fraction of sp³-hybridized carbons (Fsp3) is 0.321. The van der Waals surface area contributed by atoms with E-state index in [-0.39, 0.29) is 12.2 Å². The Morgan fingerprint density at radius 3 is 2.11 bits per heavy atom. The zero-order valence-corrected chi connectivity index (χ0v) is 22.0. The van der Waals surface area contributed by atoms with Gasteiger partial charge in [0.15, 0.2) is 0 Å². The lowest BCUT2D eigenvalue weighted by atomic mass is 9.82. The highest BCUT2D eigenvalue weighted by molar-refractivity contribution is 7.71. The number of benzene rings is 3. The summed E-state index contributed by atoms with van der Waals surface area (Å²) in [6.07, 6.45) is -0.0719. The molecule has 3 aromatic carbocycles. The van der Waals surface area contributed by atoms with Crippen molar-refractivity contribution >= 4 is 22.4 Å².